The summed E-state index contributed by atoms with van der Waals surface area (Å²) >= 11 is 8.02. The average molecular weight is 381 g/mol. The average Bonchev–Trinajstić information content (AvgIpc) is 3.07. The number of thioether (sulfide) groups is 1. The van der Waals surface area contributed by atoms with E-state index in [1.54, 1.807) is 11.8 Å². The van der Waals surface area contributed by atoms with Crippen LogP contribution in [0.2, 0.25) is 5.15 Å². The van der Waals surface area contributed by atoms with Crippen LogP contribution in [-0.4, -0.2) is 19.9 Å². The zero-order valence-electron chi connectivity index (χ0n) is 14.2. The van der Waals surface area contributed by atoms with Crippen LogP contribution < -0.4 is 0 Å². The molecule has 0 aliphatic carbocycles. The summed E-state index contributed by atoms with van der Waals surface area (Å²) in [5, 5.41) is 1.39. The van der Waals surface area contributed by atoms with Crippen molar-refractivity contribution in [1.82, 2.24) is 19.9 Å². The number of H-pyrrole nitrogens is 1. The topological polar surface area (TPSA) is 54.5 Å². The lowest BCUT2D eigenvalue weighted by molar-refractivity contribution is 0.946. The summed E-state index contributed by atoms with van der Waals surface area (Å²) in [7, 11) is 0. The highest BCUT2D eigenvalue weighted by molar-refractivity contribution is 7.98. The zero-order chi connectivity index (χ0) is 17.9. The molecule has 0 saturated heterocycles. The van der Waals surface area contributed by atoms with Gasteiger partial charge in [-0.1, -0.05) is 65.8 Å². The molecule has 4 rings (SSSR count). The first-order valence-corrected chi connectivity index (χ1v) is 9.69. The molecule has 2 heterocycles. The van der Waals surface area contributed by atoms with E-state index in [0.717, 1.165) is 39.7 Å². The van der Waals surface area contributed by atoms with E-state index in [9.17, 15) is 0 Å². The maximum Gasteiger partial charge on any atom is 0.166 e. The first-order chi connectivity index (χ1) is 12.7. The zero-order valence-corrected chi connectivity index (χ0v) is 15.8. The van der Waals surface area contributed by atoms with Gasteiger partial charge in [0.25, 0.3) is 0 Å². The van der Waals surface area contributed by atoms with Gasteiger partial charge in [-0.2, -0.15) is 0 Å². The Morgan fingerprint density at radius 3 is 2.50 bits per heavy atom. The van der Waals surface area contributed by atoms with Crippen LogP contribution in [0, 0.1) is 6.92 Å². The number of hydrogen-bond donors (Lipinski definition) is 1. The third-order valence-electron chi connectivity index (χ3n) is 4.14. The molecule has 0 bridgehead atoms. The van der Waals surface area contributed by atoms with Crippen molar-refractivity contribution in [3.8, 4) is 0 Å². The number of hydrogen-bond acceptors (Lipinski definition) is 4. The Kier molecular flexibility index (Phi) is 4.91. The molecule has 0 atom stereocenters. The predicted molar refractivity (Wildman–Crippen MR) is 107 cm³/mol. The first kappa shape index (κ1) is 17.1. The number of benzene rings is 2. The normalized spacial score (nSPS) is 11.2. The van der Waals surface area contributed by atoms with E-state index in [4.69, 9.17) is 11.6 Å². The molecule has 0 unspecified atom stereocenters. The Morgan fingerprint density at radius 1 is 0.962 bits per heavy atom. The van der Waals surface area contributed by atoms with E-state index >= 15 is 0 Å². The molecule has 0 spiro atoms. The molecule has 0 aliphatic heterocycles. The SMILES string of the molecule is Cc1nc(CSc2nc3ccccc3[nH]2)nc(Cl)c1Cc1ccccc1. The second-order valence-electron chi connectivity index (χ2n) is 6.00. The van der Waals surface area contributed by atoms with Crippen molar-refractivity contribution < 1.29 is 0 Å². The minimum Gasteiger partial charge on any atom is -0.333 e. The fraction of sp³-hybridized carbons (Fsp3) is 0.150. The summed E-state index contributed by atoms with van der Waals surface area (Å²) < 4.78 is 0. The van der Waals surface area contributed by atoms with Crippen molar-refractivity contribution in [2.75, 3.05) is 0 Å². The molecule has 2 aromatic carbocycles. The van der Waals surface area contributed by atoms with Gasteiger partial charge in [0.15, 0.2) is 5.16 Å². The van der Waals surface area contributed by atoms with E-state index in [1.807, 2.05) is 49.4 Å². The van der Waals surface area contributed by atoms with Gasteiger partial charge in [-0.3, -0.25) is 0 Å². The second-order valence-corrected chi connectivity index (χ2v) is 7.33. The quantitative estimate of drug-likeness (QED) is 0.382. The van der Waals surface area contributed by atoms with E-state index in [2.05, 4.69) is 32.1 Å². The number of imidazole rings is 1. The molecule has 130 valence electrons. The summed E-state index contributed by atoms with van der Waals surface area (Å²) in [6.45, 7) is 1.99. The Morgan fingerprint density at radius 2 is 1.73 bits per heavy atom. The maximum atomic E-state index is 6.45. The monoisotopic (exact) mass is 380 g/mol. The van der Waals surface area contributed by atoms with E-state index in [0.29, 0.717) is 10.9 Å². The van der Waals surface area contributed by atoms with Crippen molar-refractivity contribution in [1.29, 1.82) is 0 Å². The summed E-state index contributed by atoms with van der Waals surface area (Å²) in [5.41, 5.74) is 5.10. The lowest BCUT2D eigenvalue weighted by Crippen LogP contribution is -2.03. The summed E-state index contributed by atoms with van der Waals surface area (Å²) in [4.78, 5) is 17.0. The number of halogens is 1. The smallest absolute Gasteiger partial charge is 0.166 e. The highest BCUT2D eigenvalue weighted by atomic mass is 35.5. The molecule has 0 fully saturated rings. The molecule has 0 amide bonds. The van der Waals surface area contributed by atoms with E-state index < -0.39 is 0 Å². The van der Waals surface area contributed by atoms with Gasteiger partial charge in [0.2, 0.25) is 0 Å². The second kappa shape index (κ2) is 7.48. The molecule has 6 heteroatoms. The lowest BCUT2D eigenvalue weighted by atomic mass is 10.1. The molecular weight excluding hydrogens is 364 g/mol. The standard InChI is InChI=1S/C20H17ClN4S/c1-13-15(11-14-7-3-2-4-8-14)19(21)25-18(22-13)12-26-20-23-16-9-5-6-10-17(16)24-20/h2-10H,11-12H2,1H3,(H,23,24). The Hall–Kier alpha value is -2.37. The molecule has 1 N–H and O–H groups in total. The number of fused-ring (bicyclic) bond motifs is 1. The first-order valence-electron chi connectivity index (χ1n) is 8.32. The minimum absolute atomic E-state index is 0.529. The molecular formula is C20H17ClN4S. The number of aryl methyl sites for hydroxylation is 1. The summed E-state index contributed by atoms with van der Waals surface area (Å²) in [6, 6.07) is 18.2. The third kappa shape index (κ3) is 3.74. The Labute approximate surface area is 161 Å². The van der Waals surface area contributed by atoms with Crippen LogP contribution in [0.5, 0.6) is 0 Å². The van der Waals surface area contributed by atoms with Gasteiger partial charge in [0, 0.05) is 17.7 Å². The molecule has 0 radical (unpaired) electrons. The fourth-order valence-electron chi connectivity index (χ4n) is 2.81. The summed E-state index contributed by atoms with van der Waals surface area (Å²) in [5.74, 6) is 1.33. The number of para-hydroxylation sites is 2. The number of nitrogens with zero attached hydrogens (tertiary/aromatic N) is 3. The molecule has 2 aromatic heterocycles. The van der Waals surface area contributed by atoms with E-state index in [1.165, 1.54) is 5.56 Å². The van der Waals surface area contributed by atoms with Crippen LogP contribution in [0.25, 0.3) is 11.0 Å². The highest BCUT2D eigenvalue weighted by Crippen LogP contribution is 2.25. The van der Waals surface area contributed by atoms with Crippen LogP contribution in [0.3, 0.4) is 0 Å². The number of rotatable bonds is 5. The van der Waals surface area contributed by atoms with Gasteiger partial charge in [-0.15, -0.1) is 0 Å². The summed E-state index contributed by atoms with van der Waals surface area (Å²) in [6.07, 6.45) is 0.739. The van der Waals surface area contributed by atoms with Crippen LogP contribution >= 0.6 is 23.4 Å². The maximum absolute atomic E-state index is 6.45. The van der Waals surface area contributed by atoms with Gasteiger partial charge in [-0.05, 0) is 24.6 Å². The molecule has 4 nitrogen and oxygen atoms in total. The molecule has 26 heavy (non-hydrogen) atoms. The molecule has 4 aromatic rings. The Bertz CT molecular complexity index is 990. The van der Waals surface area contributed by atoms with Crippen molar-refractivity contribution >= 4 is 34.4 Å². The number of aromatic nitrogens is 4. The Balaban J connectivity index is 1.50. The van der Waals surface area contributed by atoms with Gasteiger partial charge in [0.1, 0.15) is 11.0 Å². The van der Waals surface area contributed by atoms with Gasteiger partial charge < -0.3 is 4.98 Å². The van der Waals surface area contributed by atoms with Gasteiger partial charge >= 0.3 is 0 Å². The fourth-order valence-corrected chi connectivity index (χ4v) is 3.85. The van der Waals surface area contributed by atoms with Gasteiger partial charge in [0.05, 0.1) is 16.8 Å². The number of nitrogens with one attached hydrogen (secondary N) is 1. The van der Waals surface area contributed by atoms with Crippen molar-refractivity contribution in [2.45, 2.75) is 24.3 Å². The van der Waals surface area contributed by atoms with Crippen molar-refractivity contribution in [3.63, 3.8) is 0 Å². The van der Waals surface area contributed by atoms with Crippen molar-refractivity contribution in [3.05, 3.63) is 82.4 Å². The molecule has 0 saturated carbocycles. The highest BCUT2D eigenvalue weighted by Gasteiger charge is 2.12. The lowest BCUT2D eigenvalue weighted by Gasteiger charge is -2.09. The predicted octanol–water partition coefficient (Wildman–Crippen LogP) is 5.20. The van der Waals surface area contributed by atoms with E-state index in [-0.39, 0.29) is 0 Å². The van der Waals surface area contributed by atoms with Crippen LogP contribution in [0.4, 0.5) is 0 Å². The number of aromatic amines is 1. The minimum atomic E-state index is 0.529. The van der Waals surface area contributed by atoms with Crippen LogP contribution in [0.1, 0.15) is 22.6 Å². The van der Waals surface area contributed by atoms with Crippen molar-refractivity contribution in [2.24, 2.45) is 0 Å². The van der Waals surface area contributed by atoms with Gasteiger partial charge in [-0.25, -0.2) is 15.0 Å². The van der Waals surface area contributed by atoms with Crippen LogP contribution in [-0.2, 0) is 12.2 Å². The third-order valence-corrected chi connectivity index (χ3v) is 5.32. The van der Waals surface area contributed by atoms with Crippen LogP contribution in [0.15, 0.2) is 59.8 Å². The largest absolute Gasteiger partial charge is 0.333 e. The molecule has 0 aliphatic rings.